The van der Waals surface area contributed by atoms with Gasteiger partial charge in [0.05, 0.1) is 31.2 Å². The standard InChI is InChI=1S/C11H14F2N4O.C2HF3O2/c12-11(13)6-16(7-11)10(18)3-9-5-14-4-8-1-2-15-17(8)9;3-2(4,5)1(6)7/h1-2,9,14H,3-7H2;(H,6,7). The number of carboxylic acid groups (broad SMARTS) is 1. The molecule has 1 aromatic heterocycles. The van der Waals surface area contributed by atoms with Crippen LogP contribution in [-0.4, -0.2) is 63.4 Å². The highest BCUT2D eigenvalue weighted by molar-refractivity contribution is 5.77. The van der Waals surface area contributed by atoms with Crippen molar-refractivity contribution in [2.75, 3.05) is 19.6 Å². The number of aromatic nitrogens is 2. The van der Waals surface area contributed by atoms with Crippen molar-refractivity contribution in [2.24, 2.45) is 0 Å². The van der Waals surface area contributed by atoms with Crippen LogP contribution >= 0.6 is 0 Å². The summed E-state index contributed by atoms with van der Waals surface area (Å²) in [7, 11) is 0. The molecular formula is C13H15F5N4O3. The predicted molar refractivity (Wildman–Crippen MR) is 72.8 cm³/mol. The third-order valence-electron chi connectivity index (χ3n) is 3.63. The number of rotatable bonds is 2. The number of amides is 1. The highest BCUT2D eigenvalue weighted by atomic mass is 19.4. The normalized spacial score (nSPS) is 21.5. The molecule has 12 heteroatoms. The van der Waals surface area contributed by atoms with Crippen molar-refractivity contribution >= 4 is 11.9 Å². The fourth-order valence-corrected chi connectivity index (χ4v) is 2.44. The molecule has 1 aromatic rings. The summed E-state index contributed by atoms with van der Waals surface area (Å²) < 4.78 is 58.9. The molecule has 0 radical (unpaired) electrons. The van der Waals surface area contributed by atoms with Gasteiger partial charge in [-0.25, -0.2) is 13.6 Å². The Kier molecular flexibility index (Phi) is 5.30. The Labute approximate surface area is 138 Å². The molecule has 1 amide bonds. The smallest absolute Gasteiger partial charge is 0.475 e. The van der Waals surface area contributed by atoms with Crippen molar-refractivity contribution in [3.63, 3.8) is 0 Å². The first-order valence-electron chi connectivity index (χ1n) is 7.18. The third kappa shape index (κ3) is 4.87. The number of hydrogen-bond donors (Lipinski definition) is 2. The summed E-state index contributed by atoms with van der Waals surface area (Å²) in [6.45, 7) is 0.479. The van der Waals surface area contributed by atoms with E-state index in [4.69, 9.17) is 9.90 Å². The van der Waals surface area contributed by atoms with E-state index in [9.17, 15) is 26.7 Å². The van der Waals surface area contributed by atoms with Crippen LogP contribution in [-0.2, 0) is 16.1 Å². The number of carbonyl (C=O) groups is 2. The summed E-state index contributed by atoms with van der Waals surface area (Å²) >= 11 is 0. The van der Waals surface area contributed by atoms with Crippen LogP contribution in [0.5, 0.6) is 0 Å². The lowest BCUT2D eigenvalue weighted by Gasteiger charge is -2.39. The number of nitrogens with one attached hydrogen (secondary N) is 1. The second-order valence-electron chi connectivity index (χ2n) is 5.66. The van der Waals surface area contributed by atoms with E-state index in [1.165, 1.54) is 4.90 Å². The van der Waals surface area contributed by atoms with E-state index < -0.39 is 31.2 Å². The van der Waals surface area contributed by atoms with Crippen LogP contribution < -0.4 is 5.32 Å². The minimum absolute atomic E-state index is 0.0783. The van der Waals surface area contributed by atoms with Crippen LogP contribution in [0, 0.1) is 0 Å². The van der Waals surface area contributed by atoms with Gasteiger partial charge in [-0.3, -0.25) is 9.48 Å². The molecule has 2 aliphatic heterocycles. The number of alkyl halides is 5. The molecule has 1 atom stereocenters. The van der Waals surface area contributed by atoms with Crippen molar-refractivity contribution < 1.29 is 36.6 Å². The van der Waals surface area contributed by atoms with E-state index in [0.717, 1.165) is 12.2 Å². The van der Waals surface area contributed by atoms with Crippen LogP contribution in [0.15, 0.2) is 12.3 Å². The molecule has 25 heavy (non-hydrogen) atoms. The van der Waals surface area contributed by atoms with Crippen molar-refractivity contribution in [1.29, 1.82) is 0 Å². The highest BCUT2D eigenvalue weighted by Gasteiger charge is 2.46. The van der Waals surface area contributed by atoms with Gasteiger partial charge in [0.2, 0.25) is 5.91 Å². The lowest BCUT2D eigenvalue weighted by molar-refractivity contribution is -0.192. The summed E-state index contributed by atoms with van der Waals surface area (Å²) in [6.07, 6.45) is -3.17. The van der Waals surface area contributed by atoms with Crippen LogP contribution in [0.2, 0.25) is 0 Å². The zero-order chi connectivity index (χ0) is 18.8. The lowest BCUT2D eigenvalue weighted by Crippen LogP contribution is -2.58. The predicted octanol–water partition coefficient (Wildman–Crippen LogP) is 1.03. The molecule has 1 saturated heterocycles. The average molecular weight is 370 g/mol. The number of aliphatic carboxylic acids is 1. The molecule has 140 valence electrons. The first kappa shape index (κ1) is 19.1. The Bertz CT molecular complexity index is 638. The molecule has 7 nitrogen and oxygen atoms in total. The van der Waals surface area contributed by atoms with Crippen LogP contribution in [0.1, 0.15) is 18.2 Å². The molecule has 3 heterocycles. The van der Waals surface area contributed by atoms with Crippen molar-refractivity contribution in [3.05, 3.63) is 18.0 Å². The van der Waals surface area contributed by atoms with Gasteiger partial charge in [-0.15, -0.1) is 0 Å². The topological polar surface area (TPSA) is 87.5 Å². The van der Waals surface area contributed by atoms with Crippen LogP contribution in [0.25, 0.3) is 0 Å². The quantitative estimate of drug-likeness (QED) is 0.760. The van der Waals surface area contributed by atoms with E-state index in [2.05, 4.69) is 10.4 Å². The average Bonchev–Trinajstić information content (AvgIpc) is 2.93. The van der Waals surface area contributed by atoms with Gasteiger partial charge in [0.1, 0.15) is 0 Å². The number of nitrogens with zero attached hydrogens (tertiary/aromatic N) is 3. The number of likely N-dealkylation sites (tertiary alicyclic amines) is 1. The van der Waals surface area contributed by atoms with Gasteiger partial charge in [-0.2, -0.15) is 18.3 Å². The lowest BCUT2D eigenvalue weighted by atomic mass is 10.1. The molecule has 0 spiro atoms. The summed E-state index contributed by atoms with van der Waals surface area (Å²) in [6, 6.07) is 1.81. The Hall–Kier alpha value is -2.24. The molecular weight excluding hydrogens is 355 g/mol. The van der Waals surface area contributed by atoms with E-state index in [-0.39, 0.29) is 18.4 Å². The van der Waals surface area contributed by atoms with E-state index >= 15 is 0 Å². The van der Waals surface area contributed by atoms with E-state index in [0.29, 0.717) is 6.54 Å². The molecule has 3 rings (SSSR count). The summed E-state index contributed by atoms with van der Waals surface area (Å²) in [5.41, 5.74) is 1.02. The first-order valence-corrected chi connectivity index (χ1v) is 7.18. The van der Waals surface area contributed by atoms with Gasteiger partial charge < -0.3 is 15.3 Å². The minimum Gasteiger partial charge on any atom is -0.475 e. The molecule has 0 aliphatic carbocycles. The largest absolute Gasteiger partial charge is 0.490 e. The molecule has 1 fully saturated rings. The first-order chi connectivity index (χ1) is 11.5. The Morgan fingerprint density at radius 3 is 2.48 bits per heavy atom. The third-order valence-corrected chi connectivity index (χ3v) is 3.63. The maximum Gasteiger partial charge on any atom is 0.490 e. The Morgan fingerprint density at radius 1 is 1.36 bits per heavy atom. The zero-order valence-corrected chi connectivity index (χ0v) is 12.8. The van der Waals surface area contributed by atoms with Crippen molar-refractivity contribution in [2.45, 2.75) is 31.1 Å². The molecule has 1 unspecified atom stereocenters. The Balaban J connectivity index is 0.000000277. The zero-order valence-electron chi connectivity index (χ0n) is 12.8. The molecule has 0 aromatic carbocycles. The van der Waals surface area contributed by atoms with Crippen LogP contribution in [0.4, 0.5) is 22.0 Å². The number of carboxylic acids is 1. The fourth-order valence-electron chi connectivity index (χ4n) is 2.44. The number of halogens is 5. The molecule has 2 N–H and O–H groups in total. The van der Waals surface area contributed by atoms with Crippen molar-refractivity contribution in [3.8, 4) is 0 Å². The highest BCUT2D eigenvalue weighted by Crippen LogP contribution is 2.28. The molecule has 0 saturated carbocycles. The maximum absolute atomic E-state index is 12.7. The van der Waals surface area contributed by atoms with Gasteiger partial charge in [-0.05, 0) is 6.07 Å². The van der Waals surface area contributed by atoms with Gasteiger partial charge in [0.25, 0.3) is 5.92 Å². The van der Waals surface area contributed by atoms with Gasteiger partial charge in [0, 0.05) is 19.3 Å². The minimum atomic E-state index is -5.08. The summed E-state index contributed by atoms with van der Waals surface area (Å²) in [4.78, 5) is 21.9. The van der Waals surface area contributed by atoms with Gasteiger partial charge in [-0.1, -0.05) is 0 Å². The van der Waals surface area contributed by atoms with E-state index in [1.54, 1.807) is 6.20 Å². The summed E-state index contributed by atoms with van der Waals surface area (Å²) in [5, 5.41) is 14.5. The summed E-state index contributed by atoms with van der Waals surface area (Å²) in [5.74, 6) is -5.68. The fraction of sp³-hybridized carbons (Fsp3) is 0.615. The monoisotopic (exact) mass is 370 g/mol. The Morgan fingerprint density at radius 2 is 1.96 bits per heavy atom. The van der Waals surface area contributed by atoms with Crippen LogP contribution in [0.3, 0.4) is 0 Å². The molecule has 0 bridgehead atoms. The van der Waals surface area contributed by atoms with Gasteiger partial charge >= 0.3 is 12.1 Å². The maximum atomic E-state index is 12.7. The van der Waals surface area contributed by atoms with E-state index in [1.807, 2.05) is 10.7 Å². The number of carbonyl (C=O) groups excluding carboxylic acids is 1. The second-order valence-corrected chi connectivity index (χ2v) is 5.66. The van der Waals surface area contributed by atoms with Gasteiger partial charge in [0.15, 0.2) is 0 Å². The second kappa shape index (κ2) is 6.94. The molecule has 2 aliphatic rings. The number of fused-ring (bicyclic) bond motifs is 1. The number of hydrogen-bond acceptors (Lipinski definition) is 4. The SMILES string of the molecule is O=C(CC1CNCc2ccnn21)N1CC(F)(F)C1.O=C(O)C(F)(F)F. The van der Waals surface area contributed by atoms with Crippen molar-refractivity contribution in [1.82, 2.24) is 20.0 Å².